The van der Waals surface area contributed by atoms with E-state index < -0.39 is 5.82 Å². The second-order valence-corrected chi connectivity index (χ2v) is 5.59. The van der Waals surface area contributed by atoms with Crippen molar-refractivity contribution in [2.24, 2.45) is 0 Å². The summed E-state index contributed by atoms with van der Waals surface area (Å²) in [5.74, 6) is -0.167. The Kier molecular flexibility index (Phi) is 4.40. The van der Waals surface area contributed by atoms with Crippen molar-refractivity contribution in [2.75, 3.05) is 33.4 Å². The van der Waals surface area contributed by atoms with E-state index >= 15 is 0 Å². The van der Waals surface area contributed by atoms with Crippen LogP contribution in [-0.4, -0.2) is 49.6 Å². The maximum atomic E-state index is 13.3. The largest absolute Gasteiger partial charge is 0.496 e. The van der Waals surface area contributed by atoms with Gasteiger partial charge in [0.15, 0.2) is 5.78 Å². The van der Waals surface area contributed by atoms with Gasteiger partial charge >= 0.3 is 0 Å². The van der Waals surface area contributed by atoms with E-state index in [1.165, 1.54) is 25.3 Å². The minimum atomic E-state index is -0.434. The molecule has 0 unspecified atom stereocenters. The molecule has 0 bridgehead atoms. The van der Waals surface area contributed by atoms with Gasteiger partial charge in [-0.05, 0) is 32.0 Å². The number of rotatable bonds is 4. The molecular formula is C15H20FNO3. The molecule has 0 atom stereocenters. The number of hydrogen-bond donors (Lipinski definition) is 0. The van der Waals surface area contributed by atoms with Crippen LogP contribution in [0.1, 0.15) is 24.2 Å². The lowest BCUT2D eigenvalue weighted by molar-refractivity contribution is -0.0833. The van der Waals surface area contributed by atoms with Gasteiger partial charge in [-0.2, -0.15) is 0 Å². The van der Waals surface area contributed by atoms with Gasteiger partial charge in [0.1, 0.15) is 11.6 Å². The SMILES string of the molecule is COc1ccc(F)cc1C(=O)CN1CCOC(C)(C)C1. The first-order valence-corrected chi connectivity index (χ1v) is 6.64. The molecule has 1 heterocycles. The van der Waals surface area contributed by atoms with Crippen LogP contribution in [-0.2, 0) is 4.74 Å². The van der Waals surface area contributed by atoms with Crippen LogP contribution < -0.4 is 4.74 Å². The highest BCUT2D eigenvalue weighted by Crippen LogP contribution is 2.22. The first-order valence-electron chi connectivity index (χ1n) is 6.64. The van der Waals surface area contributed by atoms with Gasteiger partial charge in [-0.3, -0.25) is 9.69 Å². The minimum absolute atomic E-state index is 0.140. The van der Waals surface area contributed by atoms with Crippen LogP contribution >= 0.6 is 0 Å². The predicted octanol–water partition coefficient (Wildman–Crippen LogP) is 2.13. The number of Topliss-reactive ketones (excluding diaryl/α,β-unsaturated/α-hetero) is 1. The number of halogens is 1. The van der Waals surface area contributed by atoms with Crippen LogP contribution in [0.5, 0.6) is 5.75 Å². The van der Waals surface area contributed by atoms with Gasteiger partial charge in [-0.15, -0.1) is 0 Å². The van der Waals surface area contributed by atoms with Crippen molar-refractivity contribution in [3.63, 3.8) is 0 Å². The number of morpholine rings is 1. The van der Waals surface area contributed by atoms with E-state index in [0.29, 0.717) is 25.4 Å². The van der Waals surface area contributed by atoms with Crippen molar-refractivity contribution in [3.05, 3.63) is 29.6 Å². The molecule has 0 aromatic heterocycles. The molecule has 4 nitrogen and oxygen atoms in total. The van der Waals surface area contributed by atoms with Crippen molar-refractivity contribution in [1.29, 1.82) is 0 Å². The molecule has 2 rings (SSSR count). The Morgan fingerprint density at radius 1 is 1.50 bits per heavy atom. The van der Waals surface area contributed by atoms with Crippen molar-refractivity contribution >= 4 is 5.78 Å². The number of benzene rings is 1. The van der Waals surface area contributed by atoms with Crippen molar-refractivity contribution < 1.29 is 18.7 Å². The molecule has 20 heavy (non-hydrogen) atoms. The Bertz CT molecular complexity index is 502. The van der Waals surface area contributed by atoms with E-state index in [2.05, 4.69) is 0 Å². The Labute approximate surface area is 118 Å². The number of hydrogen-bond acceptors (Lipinski definition) is 4. The number of ether oxygens (including phenoxy) is 2. The van der Waals surface area contributed by atoms with Gasteiger partial charge in [0.2, 0.25) is 0 Å². The third-order valence-electron chi connectivity index (χ3n) is 3.33. The number of methoxy groups -OCH3 is 1. The van der Waals surface area contributed by atoms with E-state index in [4.69, 9.17) is 9.47 Å². The first-order chi connectivity index (χ1) is 9.41. The van der Waals surface area contributed by atoms with Crippen LogP contribution in [0.25, 0.3) is 0 Å². The fourth-order valence-electron chi connectivity index (χ4n) is 2.44. The Hall–Kier alpha value is -1.46. The smallest absolute Gasteiger partial charge is 0.180 e. The fraction of sp³-hybridized carbons (Fsp3) is 0.533. The van der Waals surface area contributed by atoms with Gasteiger partial charge in [-0.1, -0.05) is 0 Å². The monoisotopic (exact) mass is 281 g/mol. The first kappa shape index (κ1) is 14.9. The molecule has 0 aliphatic carbocycles. The summed E-state index contributed by atoms with van der Waals surface area (Å²) >= 11 is 0. The summed E-state index contributed by atoms with van der Waals surface area (Å²) in [6, 6.07) is 3.99. The molecule has 0 spiro atoms. The Balaban J connectivity index is 2.10. The average molecular weight is 281 g/mol. The van der Waals surface area contributed by atoms with E-state index in [1.807, 2.05) is 18.7 Å². The van der Waals surface area contributed by atoms with Crippen LogP contribution in [0, 0.1) is 5.82 Å². The lowest BCUT2D eigenvalue weighted by atomic mass is 10.1. The number of nitrogens with zero attached hydrogens (tertiary/aromatic N) is 1. The van der Waals surface area contributed by atoms with E-state index in [9.17, 15) is 9.18 Å². The standard InChI is InChI=1S/C15H20FNO3/c1-15(2)10-17(6-7-20-15)9-13(18)12-8-11(16)4-5-14(12)19-3/h4-5,8H,6-7,9-10H2,1-3H3. The molecule has 1 aliphatic heterocycles. The molecule has 1 saturated heterocycles. The third kappa shape index (κ3) is 3.55. The van der Waals surface area contributed by atoms with Gasteiger partial charge in [-0.25, -0.2) is 4.39 Å². The molecular weight excluding hydrogens is 261 g/mol. The molecule has 1 aliphatic rings. The summed E-state index contributed by atoms with van der Waals surface area (Å²) < 4.78 is 24.0. The highest BCUT2D eigenvalue weighted by molar-refractivity contribution is 6.00. The third-order valence-corrected chi connectivity index (χ3v) is 3.33. The molecule has 1 fully saturated rings. The normalized spacial score (nSPS) is 18.8. The lowest BCUT2D eigenvalue weighted by Crippen LogP contribution is -2.49. The molecule has 1 aromatic rings. The molecule has 5 heteroatoms. The van der Waals surface area contributed by atoms with Gasteiger partial charge in [0.05, 0.1) is 31.4 Å². The van der Waals surface area contributed by atoms with E-state index in [-0.39, 0.29) is 23.5 Å². The number of carbonyl (C=O) groups is 1. The summed E-state index contributed by atoms with van der Waals surface area (Å²) in [5.41, 5.74) is 0.0293. The zero-order chi connectivity index (χ0) is 14.8. The second-order valence-electron chi connectivity index (χ2n) is 5.59. The molecule has 0 amide bonds. The van der Waals surface area contributed by atoms with Crippen LogP contribution in [0.3, 0.4) is 0 Å². The maximum absolute atomic E-state index is 13.3. The van der Waals surface area contributed by atoms with Crippen molar-refractivity contribution in [3.8, 4) is 5.75 Å². The molecule has 1 aromatic carbocycles. The predicted molar refractivity (Wildman–Crippen MR) is 73.8 cm³/mol. The van der Waals surface area contributed by atoms with Crippen molar-refractivity contribution in [2.45, 2.75) is 19.4 Å². The molecule has 0 saturated carbocycles. The zero-order valence-electron chi connectivity index (χ0n) is 12.1. The fourth-order valence-corrected chi connectivity index (χ4v) is 2.44. The average Bonchev–Trinajstić information content (AvgIpc) is 2.37. The quantitative estimate of drug-likeness (QED) is 0.793. The van der Waals surface area contributed by atoms with Crippen molar-refractivity contribution in [1.82, 2.24) is 4.90 Å². The summed E-state index contributed by atoms with van der Waals surface area (Å²) in [7, 11) is 1.47. The summed E-state index contributed by atoms with van der Waals surface area (Å²) in [5, 5.41) is 0. The second kappa shape index (κ2) is 5.89. The summed E-state index contributed by atoms with van der Waals surface area (Å²) in [4.78, 5) is 14.4. The van der Waals surface area contributed by atoms with Crippen LogP contribution in [0.15, 0.2) is 18.2 Å². The number of ketones is 1. The minimum Gasteiger partial charge on any atom is -0.496 e. The van der Waals surface area contributed by atoms with Crippen LogP contribution in [0.4, 0.5) is 4.39 Å². The number of carbonyl (C=O) groups excluding carboxylic acids is 1. The van der Waals surface area contributed by atoms with Crippen LogP contribution in [0.2, 0.25) is 0 Å². The molecule has 0 N–H and O–H groups in total. The highest BCUT2D eigenvalue weighted by Gasteiger charge is 2.28. The summed E-state index contributed by atoms with van der Waals surface area (Å²) in [6.45, 7) is 6.20. The Morgan fingerprint density at radius 3 is 2.90 bits per heavy atom. The molecule has 110 valence electrons. The highest BCUT2D eigenvalue weighted by atomic mass is 19.1. The van der Waals surface area contributed by atoms with Gasteiger partial charge < -0.3 is 9.47 Å². The van der Waals surface area contributed by atoms with E-state index in [1.54, 1.807) is 0 Å². The van der Waals surface area contributed by atoms with E-state index in [0.717, 1.165) is 0 Å². The summed E-state index contributed by atoms with van der Waals surface area (Å²) in [6.07, 6.45) is 0. The topological polar surface area (TPSA) is 38.8 Å². The zero-order valence-corrected chi connectivity index (χ0v) is 12.1. The Morgan fingerprint density at radius 2 is 2.25 bits per heavy atom. The maximum Gasteiger partial charge on any atom is 0.180 e. The lowest BCUT2D eigenvalue weighted by Gasteiger charge is -2.37. The van der Waals surface area contributed by atoms with Gasteiger partial charge in [0, 0.05) is 13.1 Å². The van der Waals surface area contributed by atoms with Gasteiger partial charge in [0.25, 0.3) is 0 Å². The molecule has 0 radical (unpaired) electrons.